The van der Waals surface area contributed by atoms with Gasteiger partial charge < -0.3 is 15.4 Å². The molecule has 0 aliphatic rings. The van der Waals surface area contributed by atoms with Crippen molar-refractivity contribution in [1.29, 1.82) is 0 Å². The molecule has 0 unspecified atom stereocenters. The van der Waals surface area contributed by atoms with Gasteiger partial charge in [0.2, 0.25) is 0 Å². The van der Waals surface area contributed by atoms with E-state index in [0.717, 1.165) is 19.4 Å². The Bertz CT molecular complexity index is 883. The summed E-state index contributed by atoms with van der Waals surface area (Å²) >= 11 is 0. The molecule has 0 saturated carbocycles. The average Bonchev–Trinajstić information content (AvgIpc) is 2.74. The molecule has 0 spiro atoms. The van der Waals surface area contributed by atoms with Crippen molar-refractivity contribution in [3.05, 3.63) is 78.2 Å². The summed E-state index contributed by atoms with van der Waals surface area (Å²) in [5.74, 6) is 0.956. The normalized spacial score (nSPS) is 10.3. The fraction of sp³-hybridized carbons (Fsp3) is 0.227. The molecular weight excluding hydrogens is 352 g/mol. The maximum absolute atomic E-state index is 12.4. The Labute approximate surface area is 165 Å². The Morgan fingerprint density at radius 1 is 1.00 bits per heavy atom. The Balaban J connectivity index is 1.50. The fourth-order valence-corrected chi connectivity index (χ4v) is 2.73. The predicted octanol–water partition coefficient (Wildman–Crippen LogP) is 4.17. The van der Waals surface area contributed by atoms with Crippen LogP contribution in [-0.2, 0) is 6.42 Å². The lowest BCUT2D eigenvalue weighted by molar-refractivity contribution is 0.102. The van der Waals surface area contributed by atoms with Gasteiger partial charge in [-0.3, -0.25) is 4.79 Å². The molecule has 3 aromatic rings. The first-order chi connectivity index (χ1) is 13.8. The molecule has 144 valence electrons. The van der Waals surface area contributed by atoms with Gasteiger partial charge in [-0.1, -0.05) is 42.5 Å². The van der Waals surface area contributed by atoms with E-state index in [2.05, 4.69) is 32.7 Å². The van der Waals surface area contributed by atoms with E-state index in [0.29, 0.717) is 23.9 Å². The summed E-state index contributed by atoms with van der Waals surface area (Å²) in [5.41, 5.74) is 2.18. The fourth-order valence-electron chi connectivity index (χ4n) is 2.73. The summed E-state index contributed by atoms with van der Waals surface area (Å²) in [6, 6.07) is 17.7. The number of aryl methyl sites for hydroxylation is 1. The number of hydrogen-bond acceptors (Lipinski definition) is 5. The molecule has 1 heterocycles. The number of carbonyl (C=O) groups is 1. The van der Waals surface area contributed by atoms with E-state index in [1.807, 2.05) is 43.3 Å². The van der Waals surface area contributed by atoms with E-state index < -0.39 is 0 Å². The number of benzene rings is 2. The van der Waals surface area contributed by atoms with Gasteiger partial charge in [0.25, 0.3) is 5.91 Å². The molecule has 6 nitrogen and oxygen atoms in total. The van der Waals surface area contributed by atoms with E-state index >= 15 is 0 Å². The molecule has 28 heavy (non-hydrogen) atoms. The van der Waals surface area contributed by atoms with E-state index in [1.54, 1.807) is 12.3 Å². The Morgan fingerprint density at radius 3 is 2.54 bits per heavy atom. The van der Waals surface area contributed by atoms with Crippen molar-refractivity contribution in [2.45, 2.75) is 19.8 Å². The highest BCUT2D eigenvalue weighted by atomic mass is 16.5. The zero-order chi connectivity index (χ0) is 19.6. The summed E-state index contributed by atoms with van der Waals surface area (Å²) in [5, 5.41) is 6.05. The molecule has 2 N–H and O–H groups in total. The summed E-state index contributed by atoms with van der Waals surface area (Å²) < 4.78 is 5.52. The molecule has 0 aliphatic carbocycles. The Morgan fingerprint density at radius 2 is 1.79 bits per heavy atom. The summed E-state index contributed by atoms with van der Waals surface area (Å²) in [4.78, 5) is 20.9. The van der Waals surface area contributed by atoms with E-state index in [1.165, 1.54) is 11.8 Å². The standard InChI is InChI=1S/C22H24N4O2/c1-2-28-20-13-7-6-12-18(20)26-22(27)19-15-25-21(16-24-19)23-14-8-11-17-9-4-3-5-10-17/h3-7,9-10,12-13,15-16H,2,8,11,14H2,1H3,(H,23,25)(H,26,27). The minimum Gasteiger partial charge on any atom is -0.492 e. The largest absolute Gasteiger partial charge is 0.492 e. The number of anilines is 2. The van der Waals surface area contributed by atoms with E-state index in [9.17, 15) is 4.79 Å². The zero-order valence-electron chi connectivity index (χ0n) is 15.9. The van der Waals surface area contributed by atoms with Crippen LogP contribution in [0.1, 0.15) is 29.4 Å². The van der Waals surface area contributed by atoms with Gasteiger partial charge in [-0.2, -0.15) is 0 Å². The van der Waals surface area contributed by atoms with E-state index in [4.69, 9.17) is 4.74 Å². The van der Waals surface area contributed by atoms with Crippen LogP contribution in [0.5, 0.6) is 5.75 Å². The zero-order valence-corrected chi connectivity index (χ0v) is 15.9. The van der Waals surface area contributed by atoms with Gasteiger partial charge in [0.1, 0.15) is 17.3 Å². The second-order valence-electron chi connectivity index (χ2n) is 6.19. The molecule has 0 saturated heterocycles. The van der Waals surface area contributed by atoms with Gasteiger partial charge in [0.05, 0.1) is 24.7 Å². The van der Waals surface area contributed by atoms with Crippen LogP contribution >= 0.6 is 0 Å². The van der Waals surface area contributed by atoms with Gasteiger partial charge in [0, 0.05) is 6.54 Å². The van der Waals surface area contributed by atoms with Crippen molar-refractivity contribution < 1.29 is 9.53 Å². The third kappa shape index (κ3) is 5.54. The molecule has 0 atom stereocenters. The highest BCUT2D eigenvalue weighted by Crippen LogP contribution is 2.24. The first kappa shape index (κ1) is 19.4. The van der Waals surface area contributed by atoms with Crippen LogP contribution in [0.3, 0.4) is 0 Å². The highest BCUT2D eigenvalue weighted by molar-refractivity contribution is 6.03. The monoisotopic (exact) mass is 376 g/mol. The number of amides is 1. The second-order valence-corrected chi connectivity index (χ2v) is 6.19. The van der Waals surface area contributed by atoms with Crippen molar-refractivity contribution in [3.8, 4) is 5.75 Å². The maximum Gasteiger partial charge on any atom is 0.275 e. The van der Waals surface area contributed by atoms with Gasteiger partial charge >= 0.3 is 0 Å². The topological polar surface area (TPSA) is 76.1 Å². The molecule has 2 aromatic carbocycles. The van der Waals surface area contributed by atoms with Crippen molar-refractivity contribution in [2.75, 3.05) is 23.8 Å². The number of nitrogens with one attached hydrogen (secondary N) is 2. The number of hydrogen-bond donors (Lipinski definition) is 2. The van der Waals surface area contributed by atoms with Crippen LogP contribution in [0.25, 0.3) is 0 Å². The minimum absolute atomic E-state index is 0.251. The van der Waals surface area contributed by atoms with Gasteiger partial charge in [-0.05, 0) is 37.5 Å². The summed E-state index contributed by atoms with van der Waals surface area (Å²) in [6.45, 7) is 3.21. The second kappa shape index (κ2) is 10.1. The predicted molar refractivity (Wildman–Crippen MR) is 111 cm³/mol. The van der Waals surface area contributed by atoms with Crippen molar-refractivity contribution in [2.24, 2.45) is 0 Å². The third-order valence-corrected chi connectivity index (χ3v) is 4.11. The van der Waals surface area contributed by atoms with Gasteiger partial charge in [0.15, 0.2) is 0 Å². The van der Waals surface area contributed by atoms with Crippen LogP contribution in [0.2, 0.25) is 0 Å². The number of carbonyl (C=O) groups excluding carboxylic acids is 1. The summed E-state index contributed by atoms with van der Waals surface area (Å²) in [7, 11) is 0. The number of rotatable bonds is 9. The van der Waals surface area contributed by atoms with Crippen LogP contribution in [0.4, 0.5) is 11.5 Å². The molecular formula is C22H24N4O2. The Kier molecular flexibility index (Phi) is 6.95. The first-order valence-corrected chi connectivity index (χ1v) is 9.39. The van der Waals surface area contributed by atoms with Crippen molar-refractivity contribution in [3.63, 3.8) is 0 Å². The Hall–Kier alpha value is -3.41. The number of aromatic nitrogens is 2. The SMILES string of the molecule is CCOc1ccccc1NC(=O)c1cnc(NCCCc2ccccc2)cn1. The maximum atomic E-state index is 12.4. The molecule has 6 heteroatoms. The quantitative estimate of drug-likeness (QED) is 0.548. The summed E-state index contributed by atoms with van der Waals surface area (Å²) in [6.07, 6.45) is 5.03. The lowest BCUT2D eigenvalue weighted by Gasteiger charge is -2.11. The molecule has 0 bridgehead atoms. The van der Waals surface area contributed by atoms with Crippen LogP contribution < -0.4 is 15.4 Å². The van der Waals surface area contributed by atoms with Gasteiger partial charge in [-0.25, -0.2) is 9.97 Å². The first-order valence-electron chi connectivity index (χ1n) is 9.39. The van der Waals surface area contributed by atoms with Crippen LogP contribution in [-0.4, -0.2) is 29.0 Å². The highest BCUT2D eigenvalue weighted by Gasteiger charge is 2.11. The van der Waals surface area contributed by atoms with Gasteiger partial charge in [-0.15, -0.1) is 0 Å². The minimum atomic E-state index is -0.324. The van der Waals surface area contributed by atoms with Crippen molar-refractivity contribution in [1.82, 2.24) is 9.97 Å². The van der Waals surface area contributed by atoms with Crippen LogP contribution in [0.15, 0.2) is 67.0 Å². The van der Waals surface area contributed by atoms with Crippen LogP contribution in [0, 0.1) is 0 Å². The molecule has 1 aromatic heterocycles. The molecule has 3 rings (SSSR count). The molecule has 0 radical (unpaired) electrons. The molecule has 0 fully saturated rings. The lowest BCUT2D eigenvalue weighted by atomic mass is 10.1. The van der Waals surface area contributed by atoms with E-state index in [-0.39, 0.29) is 11.6 Å². The van der Waals surface area contributed by atoms with Crippen molar-refractivity contribution >= 4 is 17.4 Å². The number of nitrogens with zero attached hydrogens (tertiary/aromatic N) is 2. The number of para-hydroxylation sites is 2. The molecule has 1 amide bonds. The lowest BCUT2D eigenvalue weighted by Crippen LogP contribution is -2.15. The average molecular weight is 376 g/mol. The smallest absolute Gasteiger partial charge is 0.275 e. The molecule has 0 aliphatic heterocycles. The number of ether oxygens (including phenoxy) is 1. The third-order valence-electron chi connectivity index (χ3n) is 4.11.